The summed E-state index contributed by atoms with van der Waals surface area (Å²) in [6, 6.07) is 10.6. The van der Waals surface area contributed by atoms with Crippen LogP contribution in [-0.4, -0.2) is 25.5 Å². The second-order valence-electron chi connectivity index (χ2n) is 5.04. The van der Waals surface area contributed by atoms with E-state index in [1.165, 1.54) is 25.3 Å². The number of benzene rings is 2. The van der Waals surface area contributed by atoms with Crippen LogP contribution in [0.3, 0.4) is 0 Å². The minimum atomic E-state index is -0.377. The van der Waals surface area contributed by atoms with Gasteiger partial charge in [-0.1, -0.05) is 12.1 Å². The molecule has 130 valence electrons. The van der Waals surface area contributed by atoms with Crippen molar-refractivity contribution in [2.75, 3.05) is 24.3 Å². The van der Waals surface area contributed by atoms with Crippen molar-refractivity contribution in [3.05, 3.63) is 59.9 Å². The largest absolute Gasteiger partial charge is 0.495 e. The number of hydrogen-bond donors (Lipinski definition) is 3. The lowest BCUT2D eigenvalue weighted by Gasteiger charge is -2.11. The molecule has 0 fully saturated rings. The highest BCUT2D eigenvalue weighted by atomic mass is 19.1. The summed E-state index contributed by atoms with van der Waals surface area (Å²) in [5.74, 6) is -0.642. The molecule has 0 atom stereocenters. The molecular weight excluding hydrogens is 325 g/mol. The fourth-order valence-electron chi connectivity index (χ4n) is 2.01. The van der Waals surface area contributed by atoms with Gasteiger partial charge in [-0.15, -0.1) is 0 Å². The van der Waals surface area contributed by atoms with E-state index in [1.807, 2.05) is 0 Å². The number of rotatable bonds is 6. The molecule has 25 heavy (non-hydrogen) atoms. The van der Waals surface area contributed by atoms with Crippen LogP contribution in [0.15, 0.2) is 48.5 Å². The Labute approximate surface area is 144 Å². The number of ether oxygens (including phenoxy) is 1. The fraction of sp³-hybridized carbons (Fsp3) is 0.111. The highest BCUT2D eigenvalue weighted by molar-refractivity contribution is 6.02. The zero-order valence-electron chi connectivity index (χ0n) is 13.6. The summed E-state index contributed by atoms with van der Waals surface area (Å²) in [5.41, 5.74) is 6.85. The standard InChI is InChI=1S/C18H18FN3O3/c1-25-16-8-7-14(10-15(16)22-18(24)11-20)21-17(23)9-4-12-2-5-13(19)6-3-12/h2-10H,11,20H2,1H3,(H,21,23)(H,22,24)/b9-4+. The molecule has 0 radical (unpaired) electrons. The third-order valence-corrected chi connectivity index (χ3v) is 3.22. The normalized spacial score (nSPS) is 10.5. The average Bonchev–Trinajstić information content (AvgIpc) is 2.61. The van der Waals surface area contributed by atoms with Crippen LogP contribution in [-0.2, 0) is 9.59 Å². The maximum absolute atomic E-state index is 12.8. The second kappa shape index (κ2) is 8.60. The Morgan fingerprint density at radius 1 is 1.16 bits per heavy atom. The molecule has 0 heterocycles. The van der Waals surface area contributed by atoms with Gasteiger partial charge in [-0.3, -0.25) is 9.59 Å². The Morgan fingerprint density at radius 3 is 2.52 bits per heavy atom. The van der Waals surface area contributed by atoms with Gasteiger partial charge in [0.25, 0.3) is 0 Å². The van der Waals surface area contributed by atoms with Crippen molar-refractivity contribution in [1.82, 2.24) is 0 Å². The van der Waals surface area contributed by atoms with E-state index >= 15 is 0 Å². The van der Waals surface area contributed by atoms with Gasteiger partial charge in [0.05, 0.1) is 19.3 Å². The van der Waals surface area contributed by atoms with Crippen molar-refractivity contribution in [1.29, 1.82) is 0 Å². The van der Waals surface area contributed by atoms with Gasteiger partial charge in [0.2, 0.25) is 11.8 Å². The number of carbonyl (C=O) groups is 2. The Bertz CT molecular complexity index is 789. The molecule has 0 saturated carbocycles. The van der Waals surface area contributed by atoms with Gasteiger partial charge in [-0.2, -0.15) is 0 Å². The van der Waals surface area contributed by atoms with E-state index < -0.39 is 0 Å². The first-order chi connectivity index (χ1) is 12.0. The van der Waals surface area contributed by atoms with Crippen molar-refractivity contribution >= 4 is 29.3 Å². The molecule has 0 spiro atoms. The topological polar surface area (TPSA) is 93.5 Å². The smallest absolute Gasteiger partial charge is 0.248 e. The molecule has 4 N–H and O–H groups in total. The minimum Gasteiger partial charge on any atom is -0.495 e. The summed E-state index contributed by atoms with van der Waals surface area (Å²) in [5, 5.41) is 5.26. The summed E-state index contributed by atoms with van der Waals surface area (Å²) in [7, 11) is 1.47. The van der Waals surface area contributed by atoms with Gasteiger partial charge in [0.1, 0.15) is 11.6 Å². The Kier molecular flexibility index (Phi) is 6.25. The third-order valence-electron chi connectivity index (χ3n) is 3.22. The van der Waals surface area contributed by atoms with E-state index in [0.717, 1.165) is 0 Å². The number of nitrogens with one attached hydrogen (secondary N) is 2. The third kappa shape index (κ3) is 5.43. The summed E-state index contributed by atoms with van der Waals surface area (Å²) >= 11 is 0. The van der Waals surface area contributed by atoms with Crippen LogP contribution in [0.4, 0.5) is 15.8 Å². The van der Waals surface area contributed by atoms with Gasteiger partial charge >= 0.3 is 0 Å². The lowest BCUT2D eigenvalue weighted by Crippen LogP contribution is -2.22. The Morgan fingerprint density at radius 2 is 1.88 bits per heavy atom. The zero-order valence-corrected chi connectivity index (χ0v) is 13.6. The first-order valence-corrected chi connectivity index (χ1v) is 7.44. The molecule has 0 unspecified atom stereocenters. The van der Waals surface area contributed by atoms with Gasteiger partial charge < -0.3 is 21.1 Å². The number of carbonyl (C=O) groups excluding carboxylic acids is 2. The first kappa shape index (κ1) is 18.2. The van der Waals surface area contributed by atoms with E-state index in [2.05, 4.69) is 10.6 Å². The molecule has 0 aliphatic heterocycles. The molecule has 0 saturated heterocycles. The van der Waals surface area contributed by atoms with Crippen LogP contribution in [0, 0.1) is 5.82 Å². The van der Waals surface area contributed by atoms with E-state index in [-0.39, 0.29) is 24.2 Å². The van der Waals surface area contributed by atoms with Crippen LogP contribution in [0.1, 0.15) is 5.56 Å². The number of methoxy groups -OCH3 is 1. The summed E-state index contributed by atoms with van der Waals surface area (Å²) in [6.45, 7) is -0.167. The molecule has 2 amide bonds. The predicted molar refractivity (Wildman–Crippen MR) is 94.7 cm³/mol. The molecule has 0 aromatic heterocycles. The lowest BCUT2D eigenvalue weighted by molar-refractivity contribution is -0.115. The molecule has 2 aromatic carbocycles. The first-order valence-electron chi connectivity index (χ1n) is 7.44. The summed E-state index contributed by atoms with van der Waals surface area (Å²) in [4.78, 5) is 23.4. The van der Waals surface area contributed by atoms with Crippen molar-refractivity contribution in [2.24, 2.45) is 5.73 Å². The second-order valence-corrected chi connectivity index (χ2v) is 5.04. The maximum atomic E-state index is 12.8. The maximum Gasteiger partial charge on any atom is 0.248 e. The fourth-order valence-corrected chi connectivity index (χ4v) is 2.01. The van der Waals surface area contributed by atoms with Gasteiger partial charge in [-0.25, -0.2) is 4.39 Å². The van der Waals surface area contributed by atoms with Crippen molar-refractivity contribution in [3.8, 4) is 5.75 Å². The molecule has 7 heteroatoms. The molecule has 0 aliphatic rings. The van der Waals surface area contributed by atoms with E-state index in [0.29, 0.717) is 22.7 Å². The minimum absolute atomic E-state index is 0.167. The molecular formula is C18H18FN3O3. The molecule has 2 rings (SSSR count). The Hall–Kier alpha value is -3.19. The predicted octanol–water partition coefficient (Wildman–Crippen LogP) is 2.38. The van der Waals surface area contributed by atoms with Crippen LogP contribution >= 0.6 is 0 Å². The van der Waals surface area contributed by atoms with Gasteiger partial charge in [0.15, 0.2) is 0 Å². The monoisotopic (exact) mass is 343 g/mol. The molecule has 6 nitrogen and oxygen atoms in total. The number of halogens is 1. The van der Waals surface area contributed by atoms with Crippen LogP contribution < -0.4 is 21.1 Å². The van der Waals surface area contributed by atoms with Crippen LogP contribution in [0.2, 0.25) is 0 Å². The lowest BCUT2D eigenvalue weighted by atomic mass is 10.2. The zero-order chi connectivity index (χ0) is 18.2. The van der Waals surface area contributed by atoms with Crippen molar-refractivity contribution < 1.29 is 18.7 Å². The molecule has 0 aliphatic carbocycles. The highest BCUT2D eigenvalue weighted by Crippen LogP contribution is 2.27. The van der Waals surface area contributed by atoms with Gasteiger partial charge in [-0.05, 0) is 42.0 Å². The Balaban J connectivity index is 2.08. The van der Waals surface area contributed by atoms with Crippen molar-refractivity contribution in [2.45, 2.75) is 0 Å². The average molecular weight is 343 g/mol. The van der Waals surface area contributed by atoms with Crippen LogP contribution in [0.25, 0.3) is 6.08 Å². The van der Waals surface area contributed by atoms with Gasteiger partial charge in [0, 0.05) is 11.8 Å². The molecule has 2 aromatic rings. The highest BCUT2D eigenvalue weighted by Gasteiger charge is 2.08. The summed E-state index contributed by atoms with van der Waals surface area (Å²) in [6.07, 6.45) is 2.89. The number of nitrogens with two attached hydrogens (primary N) is 1. The van der Waals surface area contributed by atoms with E-state index in [1.54, 1.807) is 36.4 Å². The summed E-state index contributed by atoms with van der Waals surface area (Å²) < 4.78 is 18.0. The van der Waals surface area contributed by atoms with Crippen LogP contribution in [0.5, 0.6) is 5.75 Å². The molecule has 0 bridgehead atoms. The van der Waals surface area contributed by atoms with Crippen molar-refractivity contribution in [3.63, 3.8) is 0 Å². The number of amides is 2. The number of anilines is 2. The van der Waals surface area contributed by atoms with E-state index in [4.69, 9.17) is 10.5 Å². The van der Waals surface area contributed by atoms with E-state index in [9.17, 15) is 14.0 Å². The quantitative estimate of drug-likeness (QED) is 0.702. The SMILES string of the molecule is COc1ccc(NC(=O)/C=C/c2ccc(F)cc2)cc1NC(=O)CN. The number of hydrogen-bond acceptors (Lipinski definition) is 4.